The topological polar surface area (TPSA) is 74.3 Å². The van der Waals surface area contributed by atoms with Gasteiger partial charge < -0.3 is 18.9 Å². The molecule has 2 aromatic carbocycles. The van der Waals surface area contributed by atoms with E-state index in [9.17, 15) is 9.59 Å². The zero-order valence-corrected chi connectivity index (χ0v) is 16.8. The molecule has 1 fully saturated rings. The minimum Gasteiger partial charge on any atom is -0.496 e. The number of amides is 1. The largest absolute Gasteiger partial charge is 0.496 e. The number of ether oxygens (including phenoxy) is 4. The van der Waals surface area contributed by atoms with E-state index in [-0.39, 0.29) is 19.8 Å². The normalized spacial score (nSPS) is 21.0. The number of nitrogens with zero attached hydrogens (tertiary/aromatic N) is 1. The first-order valence-electron chi connectivity index (χ1n) is 9.39. The Morgan fingerprint density at radius 3 is 2.45 bits per heavy atom. The lowest BCUT2D eigenvalue weighted by molar-refractivity contribution is -0.160. The van der Waals surface area contributed by atoms with Gasteiger partial charge in [0.25, 0.3) is 0 Å². The minimum absolute atomic E-state index is 0.115. The van der Waals surface area contributed by atoms with E-state index in [4.69, 9.17) is 18.9 Å². The van der Waals surface area contributed by atoms with E-state index in [1.54, 1.807) is 19.1 Å². The number of methoxy groups -OCH3 is 2. The average Bonchev–Trinajstić information content (AvgIpc) is 3.02. The lowest BCUT2D eigenvalue weighted by Crippen LogP contribution is -2.57. The van der Waals surface area contributed by atoms with Gasteiger partial charge in [0.1, 0.15) is 12.5 Å². The van der Waals surface area contributed by atoms with Crippen LogP contribution < -0.4 is 4.74 Å². The molecule has 2 aromatic rings. The van der Waals surface area contributed by atoms with Gasteiger partial charge in [0.2, 0.25) is 0 Å². The van der Waals surface area contributed by atoms with Crippen molar-refractivity contribution >= 4 is 12.1 Å². The fourth-order valence-corrected chi connectivity index (χ4v) is 3.71. The maximum atomic E-state index is 13.4. The molecule has 0 radical (unpaired) electrons. The number of cyclic esters (lactones) is 1. The van der Waals surface area contributed by atoms with Crippen molar-refractivity contribution in [1.82, 2.24) is 4.90 Å². The number of para-hydroxylation sites is 1. The first-order valence-corrected chi connectivity index (χ1v) is 9.39. The second-order valence-corrected chi connectivity index (χ2v) is 6.66. The fraction of sp³-hybridized carbons (Fsp3) is 0.364. The van der Waals surface area contributed by atoms with Crippen molar-refractivity contribution in [2.45, 2.75) is 25.0 Å². The predicted octanol–water partition coefficient (Wildman–Crippen LogP) is 3.34. The maximum absolute atomic E-state index is 13.4. The highest BCUT2D eigenvalue weighted by atomic mass is 16.6. The summed E-state index contributed by atoms with van der Waals surface area (Å²) in [4.78, 5) is 27.5. The molecule has 154 valence electrons. The molecule has 0 saturated carbocycles. The van der Waals surface area contributed by atoms with Gasteiger partial charge in [-0.1, -0.05) is 48.5 Å². The number of hydrogen-bond acceptors (Lipinski definition) is 6. The first kappa shape index (κ1) is 20.7. The molecular weight excluding hydrogens is 374 g/mol. The van der Waals surface area contributed by atoms with Crippen molar-refractivity contribution in [3.63, 3.8) is 0 Å². The molecule has 1 aliphatic rings. The van der Waals surface area contributed by atoms with Crippen LogP contribution in [-0.2, 0) is 25.4 Å². The molecule has 1 saturated heterocycles. The van der Waals surface area contributed by atoms with Crippen molar-refractivity contribution in [2.24, 2.45) is 0 Å². The van der Waals surface area contributed by atoms with Crippen LogP contribution in [0.3, 0.4) is 0 Å². The van der Waals surface area contributed by atoms with Gasteiger partial charge in [-0.3, -0.25) is 4.90 Å². The van der Waals surface area contributed by atoms with E-state index >= 15 is 0 Å². The Bertz CT molecular complexity index is 855. The fourth-order valence-electron chi connectivity index (χ4n) is 3.71. The summed E-state index contributed by atoms with van der Waals surface area (Å²) in [6.07, 6.45) is -1.38. The Morgan fingerprint density at radius 1 is 1.10 bits per heavy atom. The Labute approximate surface area is 170 Å². The Kier molecular flexibility index (Phi) is 6.39. The third-order valence-corrected chi connectivity index (χ3v) is 4.98. The predicted molar refractivity (Wildman–Crippen MR) is 105 cm³/mol. The molecule has 0 spiro atoms. The summed E-state index contributed by atoms with van der Waals surface area (Å²) >= 11 is 0. The second-order valence-electron chi connectivity index (χ2n) is 6.66. The van der Waals surface area contributed by atoms with E-state index in [2.05, 4.69) is 0 Å². The van der Waals surface area contributed by atoms with Crippen LogP contribution >= 0.6 is 0 Å². The summed E-state index contributed by atoms with van der Waals surface area (Å²) < 4.78 is 21.9. The van der Waals surface area contributed by atoms with Gasteiger partial charge in [0, 0.05) is 19.1 Å². The number of carbonyl (C=O) groups is 2. The van der Waals surface area contributed by atoms with E-state index in [0.29, 0.717) is 11.3 Å². The van der Waals surface area contributed by atoms with Crippen molar-refractivity contribution in [1.29, 1.82) is 0 Å². The molecule has 0 N–H and O–H groups in total. The summed E-state index contributed by atoms with van der Waals surface area (Å²) in [5.74, 6) is -0.0334. The maximum Gasteiger partial charge on any atom is 0.413 e. The molecule has 7 nitrogen and oxygen atoms in total. The van der Waals surface area contributed by atoms with E-state index < -0.39 is 23.7 Å². The molecule has 3 rings (SSSR count). The Balaban J connectivity index is 2.20. The molecule has 1 heterocycles. The highest BCUT2D eigenvalue weighted by molar-refractivity contribution is 5.90. The van der Waals surface area contributed by atoms with Crippen molar-refractivity contribution in [3.8, 4) is 5.75 Å². The number of benzene rings is 2. The van der Waals surface area contributed by atoms with Crippen LogP contribution in [0.1, 0.15) is 24.2 Å². The molecule has 2 atom stereocenters. The minimum atomic E-state index is -1.45. The van der Waals surface area contributed by atoms with Crippen LogP contribution in [0.25, 0.3) is 0 Å². The highest BCUT2D eigenvalue weighted by Crippen LogP contribution is 2.47. The van der Waals surface area contributed by atoms with Crippen LogP contribution in [-0.4, -0.2) is 50.1 Å². The van der Waals surface area contributed by atoms with Crippen LogP contribution in [0.4, 0.5) is 4.79 Å². The lowest BCUT2D eigenvalue weighted by Gasteiger charge is -2.36. The van der Waals surface area contributed by atoms with Crippen molar-refractivity contribution < 1.29 is 28.5 Å². The first-order chi connectivity index (χ1) is 14.1. The van der Waals surface area contributed by atoms with Gasteiger partial charge in [0.15, 0.2) is 11.6 Å². The molecule has 0 aliphatic carbocycles. The van der Waals surface area contributed by atoms with Gasteiger partial charge in [0.05, 0.1) is 13.7 Å². The highest BCUT2D eigenvalue weighted by Gasteiger charge is 2.62. The smallest absolute Gasteiger partial charge is 0.413 e. The van der Waals surface area contributed by atoms with Gasteiger partial charge in [-0.15, -0.1) is 0 Å². The number of esters is 1. The van der Waals surface area contributed by atoms with E-state index in [1.165, 1.54) is 19.1 Å². The summed E-state index contributed by atoms with van der Waals surface area (Å²) in [7, 11) is 2.99. The standard InChI is InChI=1S/C22H25NO6/c1-4-28-20(24)22(14-16-10-6-5-7-11-16)19(29-21(25)23(22)15-26-2)17-12-8-9-13-18(17)27-3/h5-13,19H,4,14-15H2,1-3H3/t19-,22-/m0/s1. The van der Waals surface area contributed by atoms with Gasteiger partial charge in [-0.25, -0.2) is 9.59 Å². The zero-order chi connectivity index (χ0) is 20.9. The molecule has 1 amide bonds. The van der Waals surface area contributed by atoms with Crippen LogP contribution in [0.2, 0.25) is 0 Å². The number of carbonyl (C=O) groups excluding carboxylic acids is 2. The molecule has 1 aliphatic heterocycles. The van der Waals surface area contributed by atoms with Crippen molar-refractivity contribution in [2.75, 3.05) is 27.6 Å². The van der Waals surface area contributed by atoms with Gasteiger partial charge in [-0.05, 0) is 18.6 Å². The monoisotopic (exact) mass is 399 g/mol. The van der Waals surface area contributed by atoms with Crippen LogP contribution in [0, 0.1) is 0 Å². The summed E-state index contributed by atoms with van der Waals surface area (Å²) in [6, 6.07) is 16.6. The van der Waals surface area contributed by atoms with Crippen LogP contribution in [0.15, 0.2) is 54.6 Å². The quantitative estimate of drug-likeness (QED) is 0.634. The Morgan fingerprint density at radius 2 is 1.79 bits per heavy atom. The van der Waals surface area contributed by atoms with Gasteiger partial charge >= 0.3 is 12.1 Å². The molecule has 29 heavy (non-hydrogen) atoms. The average molecular weight is 399 g/mol. The third-order valence-electron chi connectivity index (χ3n) is 4.98. The molecule has 0 bridgehead atoms. The second kappa shape index (κ2) is 8.96. The van der Waals surface area contributed by atoms with E-state index in [1.807, 2.05) is 42.5 Å². The summed E-state index contributed by atoms with van der Waals surface area (Å²) in [5, 5.41) is 0. The lowest BCUT2D eigenvalue weighted by atomic mass is 9.81. The molecule has 0 aromatic heterocycles. The molecule has 7 heteroatoms. The number of rotatable bonds is 8. The Hall–Kier alpha value is -3.06. The summed E-state index contributed by atoms with van der Waals surface area (Å²) in [6.45, 7) is 1.78. The summed E-state index contributed by atoms with van der Waals surface area (Å²) in [5.41, 5.74) is 0.00446. The molecular formula is C22H25NO6. The van der Waals surface area contributed by atoms with Crippen LogP contribution in [0.5, 0.6) is 5.75 Å². The van der Waals surface area contributed by atoms with Gasteiger partial charge in [-0.2, -0.15) is 0 Å². The zero-order valence-electron chi connectivity index (χ0n) is 16.8. The SMILES string of the molecule is CCOC(=O)[C@]1(Cc2ccccc2)[C@H](c2ccccc2OC)OC(=O)N1COC. The van der Waals surface area contributed by atoms with E-state index in [0.717, 1.165) is 5.56 Å². The number of hydrogen-bond donors (Lipinski definition) is 0. The molecule has 0 unspecified atom stereocenters. The van der Waals surface area contributed by atoms with Crippen molar-refractivity contribution in [3.05, 3.63) is 65.7 Å². The third kappa shape index (κ3) is 3.78.